The van der Waals surface area contributed by atoms with E-state index in [9.17, 15) is 4.79 Å². The number of nitrogens with zero attached hydrogens (tertiary/aromatic N) is 3. The number of aromatic nitrogens is 2. The Morgan fingerprint density at radius 1 is 1.20 bits per heavy atom. The molecule has 0 bridgehead atoms. The summed E-state index contributed by atoms with van der Waals surface area (Å²) in [6, 6.07) is 9.69. The van der Waals surface area contributed by atoms with Crippen molar-refractivity contribution in [1.82, 2.24) is 10.1 Å². The molecule has 7 nitrogen and oxygen atoms in total. The lowest BCUT2D eigenvalue weighted by molar-refractivity contribution is -0.118. The van der Waals surface area contributed by atoms with Gasteiger partial charge in [-0.3, -0.25) is 4.79 Å². The van der Waals surface area contributed by atoms with E-state index in [4.69, 9.17) is 14.0 Å². The van der Waals surface area contributed by atoms with Crippen LogP contribution in [0, 0.1) is 0 Å². The number of anilines is 1. The Morgan fingerprint density at radius 3 is 2.77 bits per heavy atom. The number of hydrogen-bond donors (Lipinski definition) is 0. The normalized spacial score (nSPS) is 12.9. The van der Waals surface area contributed by atoms with Gasteiger partial charge >= 0.3 is 0 Å². The van der Waals surface area contributed by atoms with E-state index in [0.29, 0.717) is 62.2 Å². The van der Waals surface area contributed by atoms with Crippen molar-refractivity contribution in [1.29, 1.82) is 0 Å². The minimum Gasteiger partial charge on any atom is -0.486 e. The largest absolute Gasteiger partial charge is 0.486 e. The molecule has 1 amide bonds. The van der Waals surface area contributed by atoms with E-state index < -0.39 is 0 Å². The van der Waals surface area contributed by atoms with Gasteiger partial charge in [0, 0.05) is 35.4 Å². The fraction of sp³-hybridized carbons (Fsp3) is 0.409. The fourth-order valence-corrected chi connectivity index (χ4v) is 3.90. The van der Waals surface area contributed by atoms with Gasteiger partial charge in [0.1, 0.15) is 13.2 Å². The average molecular weight is 428 g/mol. The van der Waals surface area contributed by atoms with Gasteiger partial charge in [0.2, 0.25) is 11.8 Å². The van der Waals surface area contributed by atoms with Crippen molar-refractivity contribution in [2.75, 3.05) is 18.1 Å². The second kappa shape index (κ2) is 9.30. The molecule has 2 aromatic heterocycles. The molecule has 30 heavy (non-hydrogen) atoms. The predicted octanol–water partition coefficient (Wildman–Crippen LogP) is 4.58. The summed E-state index contributed by atoms with van der Waals surface area (Å²) in [5.41, 5.74) is 0.803. The molecule has 4 rings (SSSR count). The van der Waals surface area contributed by atoms with Crippen LogP contribution in [0.5, 0.6) is 11.5 Å². The lowest BCUT2D eigenvalue weighted by atomic mass is 10.1. The summed E-state index contributed by atoms with van der Waals surface area (Å²) in [6.45, 7) is 5.62. The van der Waals surface area contributed by atoms with Crippen molar-refractivity contribution in [2.45, 2.75) is 45.6 Å². The Kier molecular flexibility index (Phi) is 6.32. The van der Waals surface area contributed by atoms with Crippen molar-refractivity contribution >= 4 is 22.9 Å². The highest BCUT2D eigenvalue weighted by Crippen LogP contribution is 2.35. The second-order valence-electron chi connectivity index (χ2n) is 7.44. The highest BCUT2D eigenvalue weighted by Gasteiger charge is 2.20. The molecule has 0 saturated carbocycles. The van der Waals surface area contributed by atoms with Gasteiger partial charge in [0.15, 0.2) is 17.3 Å². The summed E-state index contributed by atoms with van der Waals surface area (Å²) in [7, 11) is 0. The molecule has 0 unspecified atom stereocenters. The standard InChI is InChI=1S/C22H25N3O4S/c1-15(2)22-23-20(29-24-22)6-3-7-21(26)25(14-17-5-4-12-30-17)16-8-9-18-19(13-16)28-11-10-27-18/h4-5,8-9,12-13,15H,3,6-7,10-11,14H2,1-2H3. The lowest BCUT2D eigenvalue weighted by Gasteiger charge is -2.25. The average Bonchev–Trinajstić information content (AvgIpc) is 3.44. The Morgan fingerprint density at radius 2 is 2.03 bits per heavy atom. The monoisotopic (exact) mass is 427 g/mol. The van der Waals surface area contributed by atoms with Crippen molar-refractivity contribution in [2.24, 2.45) is 0 Å². The van der Waals surface area contributed by atoms with Gasteiger partial charge in [-0.25, -0.2) is 0 Å². The van der Waals surface area contributed by atoms with Crippen molar-refractivity contribution < 1.29 is 18.8 Å². The van der Waals surface area contributed by atoms with E-state index in [-0.39, 0.29) is 11.8 Å². The van der Waals surface area contributed by atoms with Gasteiger partial charge in [-0.05, 0) is 30.0 Å². The molecule has 0 saturated heterocycles. The van der Waals surface area contributed by atoms with Crippen LogP contribution >= 0.6 is 11.3 Å². The van der Waals surface area contributed by atoms with E-state index in [0.717, 1.165) is 10.6 Å². The smallest absolute Gasteiger partial charge is 0.227 e. The third-order valence-corrected chi connectivity index (χ3v) is 5.68. The summed E-state index contributed by atoms with van der Waals surface area (Å²) in [6.07, 6.45) is 1.61. The molecule has 3 heterocycles. The van der Waals surface area contributed by atoms with Crippen molar-refractivity contribution in [3.8, 4) is 11.5 Å². The van der Waals surface area contributed by atoms with Crippen LogP contribution < -0.4 is 14.4 Å². The van der Waals surface area contributed by atoms with Crippen LogP contribution in [0.4, 0.5) is 5.69 Å². The van der Waals surface area contributed by atoms with Crippen LogP contribution in [0.3, 0.4) is 0 Å². The summed E-state index contributed by atoms with van der Waals surface area (Å²) >= 11 is 1.64. The van der Waals surface area contributed by atoms with E-state index in [1.54, 1.807) is 16.2 Å². The van der Waals surface area contributed by atoms with Crippen LogP contribution in [0.25, 0.3) is 0 Å². The van der Waals surface area contributed by atoms with Gasteiger partial charge in [-0.2, -0.15) is 4.98 Å². The molecule has 1 aliphatic heterocycles. The number of carbonyl (C=O) groups excluding carboxylic acids is 1. The molecule has 1 aliphatic rings. The Balaban J connectivity index is 1.45. The number of amides is 1. The van der Waals surface area contributed by atoms with Crippen LogP contribution in [0.2, 0.25) is 0 Å². The maximum Gasteiger partial charge on any atom is 0.227 e. The van der Waals surface area contributed by atoms with Gasteiger partial charge < -0.3 is 18.9 Å². The maximum atomic E-state index is 13.1. The summed E-state index contributed by atoms with van der Waals surface area (Å²) in [4.78, 5) is 20.4. The molecule has 158 valence electrons. The fourth-order valence-electron chi connectivity index (χ4n) is 3.21. The predicted molar refractivity (Wildman–Crippen MR) is 114 cm³/mol. The second-order valence-corrected chi connectivity index (χ2v) is 8.47. The van der Waals surface area contributed by atoms with Crippen LogP contribution in [-0.4, -0.2) is 29.3 Å². The third kappa shape index (κ3) is 4.81. The minimum atomic E-state index is 0.0451. The molecule has 0 aliphatic carbocycles. The first kappa shape index (κ1) is 20.4. The zero-order valence-electron chi connectivity index (χ0n) is 17.2. The van der Waals surface area contributed by atoms with Gasteiger partial charge in [0.05, 0.1) is 6.54 Å². The van der Waals surface area contributed by atoms with E-state index in [1.165, 1.54) is 0 Å². The number of ether oxygens (including phenoxy) is 2. The van der Waals surface area contributed by atoms with Crippen molar-refractivity contribution in [3.63, 3.8) is 0 Å². The molecule has 0 spiro atoms. The maximum absolute atomic E-state index is 13.1. The molecule has 0 N–H and O–H groups in total. The van der Waals surface area contributed by atoms with Crippen LogP contribution in [0.1, 0.15) is 49.2 Å². The minimum absolute atomic E-state index is 0.0451. The van der Waals surface area contributed by atoms with Gasteiger partial charge in [-0.15, -0.1) is 11.3 Å². The first-order valence-corrected chi connectivity index (χ1v) is 11.0. The molecule has 0 radical (unpaired) electrons. The molecule has 3 aromatic rings. The zero-order chi connectivity index (χ0) is 20.9. The van der Waals surface area contributed by atoms with Crippen LogP contribution in [-0.2, 0) is 17.8 Å². The number of carbonyl (C=O) groups is 1. The van der Waals surface area contributed by atoms with Gasteiger partial charge in [0.25, 0.3) is 0 Å². The first-order chi connectivity index (χ1) is 14.6. The quantitative estimate of drug-likeness (QED) is 0.524. The Labute approximate surface area is 179 Å². The zero-order valence-corrected chi connectivity index (χ0v) is 18.0. The molecule has 0 fully saturated rings. The number of fused-ring (bicyclic) bond motifs is 1. The van der Waals surface area contributed by atoms with Gasteiger partial charge in [-0.1, -0.05) is 25.1 Å². The SMILES string of the molecule is CC(C)c1noc(CCCC(=O)N(Cc2cccs2)c2ccc3c(c2)OCCO3)n1. The number of hydrogen-bond acceptors (Lipinski definition) is 7. The number of rotatable bonds is 8. The van der Waals surface area contributed by atoms with Crippen molar-refractivity contribution in [3.05, 3.63) is 52.3 Å². The first-order valence-electron chi connectivity index (χ1n) is 10.1. The molecule has 1 aromatic carbocycles. The Hall–Kier alpha value is -2.87. The molecule has 0 atom stereocenters. The highest BCUT2D eigenvalue weighted by molar-refractivity contribution is 7.09. The number of aryl methyl sites for hydroxylation is 1. The summed E-state index contributed by atoms with van der Waals surface area (Å²) in [5, 5.41) is 6.00. The number of thiophene rings is 1. The summed E-state index contributed by atoms with van der Waals surface area (Å²) in [5.74, 6) is 2.94. The van der Waals surface area contributed by atoms with E-state index >= 15 is 0 Å². The summed E-state index contributed by atoms with van der Waals surface area (Å²) < 4.78 is 16.6. The highest BCUT2D eigenvalue weighted by atomic mass is 32.1. The van der Waals surface area contributed by atoms with E-state index in [1.807, 2.05) is 49.6 Å². The molecule has 8 heteroatoms. The van der Waals surface area contributed by atoms with Crippen LogP contribution in [0.15, 0.2) is 40.2 Å². The third-order valence-electron chi connectivity index (χ3n) is 4.81. The molecular formula is C22H25N3O4S. The topological polar surface area (TPSA) is 77.7 Å². The Bertz CT molecular complexity index is 984. The van der Waals surface area contributed by atoms with E-state index in [2.05, 4.69) is 10.1 Å². The molecular weight excluding hydrogens is 402 g/mol. The lowest BCUT2D eigenvalue weighted by Crippen LogP contribution is -2.30. The number of benzene rings is 1.